The van der Waals surface area contributed by atoms with Crippen LogP contribution in [0, 0.1) is 0 Å². The molecule has 0 amide bonds. The van der Waals surface area contributed by atoms with Gasteiger partial charge in [0, 0.05) is 35.5 Å². The third-order valence-electron chi connectivity index (χ3n) is 4.55. The molecule has 0 radical (unpaired) electrons. The lowest BCUT2D eigenvalue weighted by atomic mass is 10.1. The lowest BCUT2D eigenvalue weighted by Crippen LogP contribution is -2.44. The number of halogens is 3. The monoisotopic (exact) mass is 407 g/mol. The van der Waals surface area contributed by atoms with Gasteiger partial charge < -0.3 is 14.8 Å². The van der Waals surface area contributed by atoms with E-state index < -0.39 is 11.7 Å². The van der Waals surface area contributed by atoms with Gasteiger partial charge in [-0.3, -0.25) is 0 Å². The average molecular weight is 407 g/mol. The number of hydrogen-bond acceptors (Lipinski definition) is 2. The van der Waals surface area contributed by atoms with Crippen molar-refractivity contribution in [1.29, 1.82) is 0 Å². The molecule has 2 aromatic heterocycles. The lowest BCUT2D eigenvalue weighted by molar-refractivity contribution is -0.137. The van der Waals surface area contributed by atoms with Crippen LogP contribution in [0.2, 0.25) is 0 Å². The molecule has 140 valence electrons. The quantitative estimate of drug-likeness (QED) is 0.577. The van der Waals surface area contributed by atoms with E-state index in [1.165, 1.54) is 6.07 Å². The first-order valence-corrected chi connectivity index (χ1v) is 9.65. The highest BCUT2D eigenvalue weighted by molar-refractivity contribution is 7.80. The zero-order valence-electron chi connectivity index (χ0n) is 14.1. The van der Waals surface area contributed by atoms with E-state index in [2.05, 4.69) is 22.0 Å². The maximum atomic E-state index is 13.0. The number of hydrogen-bond donors (Lipinski definition) is 1. The zero-order valence-corrected chi connectivity index (χ0v) is 15.7. The molecule has 4 rings (SSSR count). The van der Waals surface area contributed by atoms with Crippen LogP contribution in [0.15, 0.2) is 60.1 Å². The van der Waals surface area contributed by atoms with Gasteiger partial charge in [0.25, 0.3) is 0 Å². The van der Waals surface area contributed by atoms with Gasteiger partial charge in [-0.15, -0.1) is 11.3 Å². The number of anilines is 1. The van der Waals surface area contributed by atoms with E-state index >= 15 is 0 Å². The zero-order chi connectivity index (χ0) is 19.0. The second-order valence-electron chi connectivity index (χ2n) is 6.25. The standard InChI is InChI=1S/C19H16F3N3S2/c20-19(21,22)13-4-1-5-14(12-13)23-18(26)25-10-9-24-8-2-6-15(24)17(25)16-7-3-11-27-16/h1-8,11-12,17H,9-10H2,(H,23,26)/t17-/m1/s1. The molecule has 3 nitrogen and oxygen atoms in total. The number of nitrogens with one attached hydrogen (secondary N) is 1. The minimum Gasteiger partial charge on any atom is -0.347 e. The van der Waals surface area contributed by atoms with Crippen molar-refractivity contribution in [2.75, 3.05) is 11.9 Å². The van der Waals surface area contributed by atoms with Crippen molar-refractivity contribution in [3.63, 3.8) is 0 Å². The summed E-state index contributed by atoms with van der Waals surface area (Å²) in [6.07, 6.45) is -2.35. The van der Waals surface area contributed by atoms with Gasteiger partial charge in [0.1, 0.15) is 6.04 Å². The SMILES string of the molecule is FC(F)(F)c1cccc(NC(=S)N2CCn3cccc3[C@@H]2c2cccs2)c1. The molecule has 0 saturated heterocycles. The summed E-state index contributed by atoms with van der Waals surface area (Å²) in [5, 5.41) is 5.42. The molecule has 1 aliphatic rings. The molecule has 1 aliphatic heterocycles. The van der Waals surface area contributed by atoms with E-state index in [4.69, 9.17) is 12.2 Å². The number of alkyl halides is 3. The van der Waals surface area contributed by atoms with Crippen LogP contribution in [-0.2, 0) is 12.7 Å². The number of thiocarbonyl (C=S) groups is 1. The number of rotatable bonds is 2. The molecule has 3 aromatic rings. The molecule has 8 heteroatoms. The third kappa shape index (κ3) is 3.59. The van der Waals surface area contributed by atoms with E-state index in [0.29, 0.717) is 17.3 Å². The van der Waals surface area contributed by atoms with Gasteiger partial charge in [0.2, 0.25) is 0 Å². The minimum absolute atomic E-state index is 0.0560. The molecule has 1 atom stereocenters. The molecule has 27 heavy (non-hydrogen) atoms. The average Bonchev–Trinajstić information content (AvgIpc) is 3.32. The number of aromatic nitrogens is 1. The van der Waals surface area contributed by atoms with Crippen LogP contribution in [-0.4, -0.2) is 21.1 Å². The van der Waals surface area contributed by atoms with E-state index in [-0.39, 0.29) is 6.04 Å². The lowest BCUT2D eigenvalue weighted by Gasteiger charge is -2.38. The van der Waals surface area contributed by atoms with Crippen LogP contribution in [0.4, 0.5) is 18.9 Å². The maximum absolute atomic E-state index is 13.0. The second-order valence-corrected chi connectivity index (χ2v) is 7.61. The predicted molar refractivity (Wildman–Crippen MR) is 105 cm³/mol. The fourth-order valence-electron chi connectivity index (χ4n) is 3.32. The van der Waals surface area contributed by atoms with E-state index in [1.54, 1.807) is 17.4 Å². The van der Waals surface area contributed by atoms with Crippen molar-refractivity contribution >= 4 is 34.4 Å². The molecule has 1 aromatic carbocycles. The van der Waals surface area contributed by atoms with Crippen molar-refractivity contribution in [3.8, 4) is 0 Å². The first-order chi connectivity index (χ1) is 12.9. The highest BCUT2D eigenvalue weighted by Gasteiger charge is 2.32. The summed E-state index contributed by atoms with van der Waals surface area (Å²) < 4.78 is 41.1. The highest BCUT2D eigenvalue weighted by Crippen LogP contribution is 2.36. The van der Waals surface area contributed by atoms with Crippen LogP contribution in [0.3, 0.4) is 0 Å². The Balaban J connectivity index is 1.62. The molecule has 1 N–H and O–H groups in total. The summed E-state index contributed by atoms with van der Waals surface area (Å²) in [6.45, 7) is 1.45. The molecule has 0 bridgehead atoms. The summed E-state index contributed by atoms with van der Waals surface area (Å²) in [4.78, 5) is 3.18. The van der Waals surface area contributed by atoms with Gasteiger partial charge in [-0.25, -0.2) is 0 Å². The number of thiophene rings is 1. The Morgan fingerprint density at radius 2 is 1.96 bits per heavy atom. The molecular weight excluding hydrogens is 391 g/mol. The van der Waals surface area contributed by atoms with Gasteiger partial charge in [-0.05, 0) is 54.0 Å². The van der Waals surface area contributed by atoms with E-state index in [0.717, 1.165) is 29.2 Å². The van der Waals surface area contributed by atoms with Crippen LogP contribution < -0.4 is 5.32 Å². The van der Waals surface area contributed by atoms with Crippen molar-refractivity contribution < 1.29 is 13.2 Å². The fourth-order valence-corrected chi connectivity index (χ4v) is 4.48. The smallest absolute Gasteiger partial charge is 0.347 e. The molecule has 3 heterocycles. The summed E-state index contributed by atoms with van der Waals surface area (Å²) in [7, 11) is 0. The van der Waals surface area contributed by atoms with E-state index in [9.17, 15) is 13.2 Å². The Kier molecular flexibility index (Phi) is 4.69. The van der Waals surface area contributed by atoms with Crippen LogP contribution in [0.1, 0.15) is 22.2 Å². The number of fused-ring (bicyclic) bond motifs is 1. The Morgan fingerprint density at radius 1 is 1.11 bits per heavy atom. The molecule has 0 fully saturated rings. The van der Waals surface area contributed by atoms with Gasteiger partial charge in [-0.2, -0.15) is 13.2 Å². The van der Waals surface area contributed by atoms with Gasteiger partial charge in [0.15, 0.2) is 5.11 Å². The van der Waals surface area contributed by atoms with Crippen LogP contribution >= 0.6 is 23.6 Å². The summed E-state index contributed by atoms with van der Waals surface area (Å²) in [6, 6.07) is 13.2. The summed E-state index contributed by atoms with van der Waals surface area (Å²) in [5.74, 6) is 0. The van der Waals surface area contributed by atoms with Crippen molar-refractivity contribution in [2.24, 2.45) is 0 Å². The Morgan fingerprint density at radius 3 is 2.70 bits per heavy atom. The third-order valence-corrected chi connectivity index (χ3v) is 5.81. The van der Waals surface area contributed by atoms with Gasteiger partial charge in [-0.1, -0.05) is 12.1 Å². The van der Waals surface area contributed by atoms with Crippen molar-refractivity contribution in [3.05, 3.63) is 76.2 Å². The predicted octanol–water partition coefficient (Wildman–Crippen LogP) is 5.37. The molecule has 0 spiro atoms. The topological polar surface area (TPSA) is 20.2 Å². The number of benzene rings is 1. The summed E-state index contributed by atoms with van der Waals surface area (Å²) in [5.41, 5.74) is 0.759. The normalized spacial score (nSPS) is 16.9. The van der Waals surface area contributed by atoms with Crippen LogP contribution in [0.5, 0.6) is 0 Å². The Bertz CT molecular complexity index is 947. The second kappa shape index (κ2) is 7.01. The Labute approximate surface area is 164 Å². The Hall–Kier alpha value is -2.32. The van der Waals surface area contributed by atoms with Crippen LogP contribution in [0.25, 0.3) is 0 Å². The maximum Gasteiger partial charge on any atom is 0.416 e. The first-order valence-electron chi connectivity index (χ1n) is 8.37. The minimum atomic E-state index is -4.38. The fraction of sp³-hybridized carbons (Fsp3) is 0.211. The van der Waals surface area contributed by atoms with Crippen molar-refractivity contribution in [1.82, 2.24) is 9.47 Å². The molecule has 0 unspecified atom stereocenters. The van der Waals surface area contributed by atoms with Gasteiger partial charge >= 0.3 is 6.18 Å². The summed E-state index contributed by atoms with van der Waals surface area (Å²) >= 11 is 7.21. The number of nitrogens with zero attached hydrogens (tertiary/aromatic N) is 2. The molecular formula is C19H16F3N3S2. The first kappa shape index (κ1) is 18.1. The largest absolute Gasteiger partial charge is 0.416 e. The van der Waals surface area contributed by atoms with Crippen molar-refractivity contribution in [2.45, 2.75) is 18.8 Å². The van der Waals surface area contributed by atoms with E-state index in [1.807, 2.05) is 28.6 Å². The molecule has 0 saturated carbocycles. The molecule has 0 aliphatic carbocycles. The van der Waals surface area contributed by atoms with Gasteiger partial charge in [0.05, 0.1) is 5.56 Å². The highest BCUT2D eigenvalue weighted by atomic mass is 32.1.